The summed E-state index contributed by atoms with van der Waals surface area (Å²) in [5, 5.41) is 0. The van der Waals surface area contributed by atoms with Crippen molar-refractivity contribution in [2.75, 3.05) is 0 Å². The maximum atomic E-state index is 13.0. The predicted molar refractivity (Wildman–Crippen MR) is 68.1 cm³/mol. The fourth-order valence-electron chi connectivity index (χ4n) is 2.22. The molecular formula is C14H15F3N2. The van der Waals surface area contributed by atoms with Gasteiger partial charge in [0.25, 0.3) is 0 Å². The van der Waals surface area contributed by atoms with Crippen molar-refractivity contribution < 1.29 is 13.2 Å². The summed E-state index contributed by atoms with van der Waals surface area (Å²) in [4.78, 5) is 0. The zero-order valence-corrected chi connectivity index (χ0v) is 10.8. The number of halogens is 3. The monoisotopic (exact) mass is 268 g/mol. The van der Waals surface area contributed by atoms with Crippen molar-refractivity contribution in [1.29, 1.82) is 0 Å². The summed E-state index contributed by atoms with van der Waals surface area (Å²) in [5.74, 6) is 0. The van der Waals surface area contributed by atoms with E-state index in [9.17, 15) is 13.2 Å². The van der Waals surface area contributed by atoms with Crippen LogP contribution in [0.25, 0.3) is 5.69 Å². The van der Waals surface area contributed by atoms with E-state index in [4.69, 9.17) is 5.73 Å². The zero-order chi connectivity index (χ0) is 14.2. The molecule has 2 nitrogen and oxygen atoms in total. The van der Waals surface area contributed by atoms with Gasteiger partial charge in [0.15, 0.2) is 0 Å². The molecule has 0 radical (unpaired) electrons. The van der Waals surface area contributed by atoms with Gasteiger partial charge in [-0.2, -0.15) is 13.2 Å². The predicted octanol–water partition coefficient (Wildman–Crippen LogP) is 3.57. The number of hydrogen-bond acceptors (Lipinski definition) is 1. The van der Waals surface area contributed by atoms with E-state index in [1.54, 1.807) is 10.6 Å². The molecule has 2 rings (SSSR count). The first-order valence-corrected chi connectivity index (χ1v) is 5.90. The standard InChI is InChI=1S/C14H15F3N2/c1-9-3-4-10(2)19(9)12-6-5-11(8-18)13(7-12)14(15,16)17/h3-7H,8,18H2,1-2H3. The van der Waals surface area contributed by atoms with Crippen LogP contribution in [0.2, 0.25) is 0 Å². The Balaban J connectivity index is 2.62. The van der Waals surface area contributed by atoms with Crippen molar-refractivity contribution in [2.45, 2.75) is 26.6 Å². The molecule has 1 aromatic carbocycles. The van der Waals surface area contributed by atoms with E-state index in [0.717, 1.165) is 17.5 Å². The van der Waals surface area contributed by atoms with Crippen LogP contribution in [0.5, 0.6) is 0 Å². The van der Waals surface area contributed by atoms with Crippen LogP contribution in [0.1, 0.15) is 22.5 Å². The van der Waals surface area contributed by atoms with Gasteiger partial charge >= 0.3 is 6.18 Å². The fourth-order valence-corrected chi connectivity index (χ4v) is 2.22. The first-order chi connectivity index (χ1) is 8.84. The molecule has 1 heterocycles. The van der Waals surface area contributed by atoms with Crippen molar-refractivity contribution >= 4 is 0 Å². The highest BCUT2D eigenvalue weighted by Crippen LogP contribution is 2.33. The number of aryl methyl sites for hydroxylation is 2. The minimum absolute atomic E-state index is 0.110. The van der Waals surface area contributed by atoms with E-state index >= 15 is 0 Å². The van der Waals surface area contributed by atoms with Gasteiger partial charge in [-0.1, -0.05) is 6.07 Å². The van der Waals surface area contributed by atoms with Crippen LogP contribution in [0.3, 0.4) is 0 Å². The summed E-state index contributed by atoms with van der Waals surface area (Å²) in [6.45, 7) is 3.59. The molecule has 0 saturated carbocycles. The molecule has 1 aromatic heterocycles. The zero-order valence-electron chi connectivity index (χ0n) is 10.8. The number of nitrogens with two attached hydrogens (primary N) is 1. The second-order valence-corrected chi connectivity index (χ2v) is 4.49. The van der Waals surface area contributed by atoms with Crippen LogP contribution >= 0.6 is 0 Å². The lowest BCUT2D eigenvalue weighted by molar-refractivity contribution is -0.138. The quantitative estimate of drug-likeness (QED) is 0.886. The van der Waals surface area contributed by atoms with E-state index in [1.165, 1.54) is 6.07 Å². The second kappa shape index (κ2) is 4.74. The lowest BCUT2D eigenvalue weighted by atomic mass is 10.1. The summed E-state index contributed by atoms with van der Waals surface area (Å²) in [6, 6.07) is 8.01. The number of nitrogens with zero attached hydrogens (tertiary/aromatic N) is 1. The smallest absolute Gasteiger partial charge is 0.326 e. The fraction of sp³-hybridized carbons (Fsp3) is 0.286. The first-order valence-electron chi connectivity index (χ1n) is 5.90. The summed E-state index contributed by atoms with van der Waals surface area (Å²) < 4.78 is 40.8. The van der Waals surface area contributed by atoms with E-state index < -0.39 is 11.7 Å². The maximum absolute atomic E-state index is 13.0. The molecule has 0 aliphatic carbocycles. The normalized spacial score (nSPS) is 11.9. The van der Waals surface area contributed by atoms with Crippen LogP contribution in [0, 0.1) is 13.8 Å². The Morgan fingerprint density at radius 2 is 1.63 bits per heavy atom. The average Bonchev–Trinajstić information content (AvgIpc) is 2.67. The minimum atomic E-state index is -4.39. The van der Waals surface area contributed by atoms with Crippen molar-refractivity contribution in [3.8, 4) is 5.69 Å². The van der Waals surface area contributed by atoms with Gasteiger partial charge in [-0.25, -0.2) is 0 Å². The largest absolute Gasteiger partial charge is 0.416 e. The molecule has 0 amide bonds. The SMILES string of the molecule is Cc1ccc(C)n1-c1ccc(CN)c(C(F)(F)F)c1. The van der Waals surface area contributed by atoms with Gasteiger partial charge in [-0.3, -0.25) is 0 Å². The topological polar surface area (TPSA) is 30.9 Å². The average molecular weight is 268 g/mol. The summed E-state index contributed by atoms with van der Waals surface area (Å²) in [7, 11) is 0. The van der Waals surface area contributed by atoms with E-state index in [0.29, 0.717) is 5.69 Å². The van der Waals surface area contributed by atoms with Crippen molar-refractivity contribution in [2.24, 2.45) is 5.73 Å². The third kappa shape index (κ3) is 2.51. The highest BCUT2D eigenvalue weighted by atomic mass is 19.4. The summed E-state index contributed by atoms with van der Waals surface area (Å²) in [6.07, 6.45) is -4.39. The first kappa shape index (κ1) is 13.7. The van der Waals surface area contributed by atoms with Gasteiger partial charge in [-0.05, 0) is 43.7 Å². The molecule has 0 aliphatic heterocycles. The number of aromatic nitrogens is 1. The van der Waals surface area contributed by atoms with Crippen LogP contribution in [0.4, 0.5) is 13.2 Å². The Morgan fingerprint density at radius 1 is 1.05 bits per heavy atom. The van der Waals surface area contributed by atoms with Crippen LogP contribution < -0.4 is 5.73 Å². The minimum Gasteiger partial charge on any atom is -0.326 e. The molecule has 0 spiro atoms. The molecule has 0 fully saturated rings. The molecule has 0 saturated heterocycles. The summed E-state index contributed by atoms with van der Waals surface area (Å²) in [5.41, 5.74) is 7.11. The van der Waals surface area contributed by atoms with Crippen molar-refractivity contribution in [1.82, 2.24) is 4.57 Å². The van der Waals surface area contributed by atoms with Gasteiger partial charge < -0.3 is 10.3 Å². The molecule has 0 aliphatic rings. The molecule has 5 heteroatoms. The van der Waals surface area contributed by atoms with E-state index in [2.05, 4.69) is 0 Å². The van der Waals surface area contributed by atoms with Crippen LogP contribution in [0.15, 0.2) is 30.3 Å². The van der Waals surface area contributed by atoms with Gasteiger partial charge in [0.1, 0.15) is 0 Å². The molecule has 19 heavy (non-hydrogen) atoms. The molecule has 0 atom stereocenters. The molecule has 0 unspecified atom stereocenters. The Bertz CT molecular complexity index is 578. The van der Waals surface area contributed by atoms with Crippen LogP contribution in [-0.4, -0.2) is 4.57 Å². The Kier molecular flexibility index (Phi) is 3.41. The highest BCUT2D eigenvalue weighted by Gasteiger charge is 2.33. The van der Waals surface area contributed by atoms with Gasteiger partial charge in [-0.15, -0.1) is 0 Å². The highest BCUT2D eigenvalue weighted by molar-refractivity contribution is 5.45. The molecular weight excluding hydrogens is 253 g/mol. The Hall–Kier alpha value is -1.75. The molecule has 2 N–H and O–H groups in total. The van der Waals surface area contributed by atoms with E-state index in [1.807, 2.05) is 26.0 Å². The lowest BCUT2D eigenvalue weighted by Crippen LogP contribution is -2.13. The lowest BCUT2D eigenvalue weighted by Gasteiger charge is -2.16. The van der Waals surface area contributed by atoms with Crippen molar-refractivity contribution in [3.63, 3.8) is 0 Å². The number of alkyl halides is 3. The van der Waals surface area contributed by atoms with Gasteiger partial charge in [0, 0.05) is 23.6 Å². The van der Waals surface area contributed by atoms with E-state index in [-0.39, 0.29) is 12.1 Å². The Morgan fingerprint density at radius 3 is 2.11 bits per heavy atom. The van der Waals surface area contributed by atoms with Gasteiger partial charge in [0.05, 0.1) is 5.56 Å². The van der Waals surface area contributed by atoms with Crippen molar-refractivity contribution in [3.05, 3.63) is 52.8 Å². The van der Waals surface area contributed by atoms with Gasteiger partial charge in [0.2, 0.25) is 0 Å². The Labute approximate surface area is 109 Å². The molecule has 102 valence electrons. The molecule has 2 aromatic rings. The summed E-state index contributed by atoms with van der Waals surface area (Å²) >= 11 is 0. The molecule has 0 bridgehead atoms. The number of benzene rings is 1. The number of rotatable bonds is 2. The number of hydrogen-bond donors (Lipinski definition) is 1. The maximum Gasteiger partial charge on any atom is 0.416 e. The third-order valence-corrected chi connectivity index (χ3v) is 3.15. The van der Waals surface area contributed by atoms with Crippen LogP contribution in [-0.2, 0) is 12.7 Å². The second-order valence-electron chi connectivity index (χ2n) is 4.49. The third-order valence-electron chi connectivity index (χ3n) is 3.15.